The van der Waals surface area contributed by atoms with Crippen molar-refractivity contribution >= 4 is 5.69 Å². The predicted molar refractivity (Wildman–Crippen MR) is 94.4 cm³/mol. The van der Waals surface area contributed by atoms with Crippen molar-refractivity contribution in [2.75, 3.05) is 11.9 Å². The largest absolute Gasteiger partial charge is 0.494 e. The van der Waals surface area contributed by atoms with E-state index in [0.29, 0.717) is 12.1 Å². The van der Waals surface area contributed by atoms with Crippen molar-refractivity contribution in [3.8, 4) is 5.75 Å². The molecule has 0 aliphatic carbocycles. The van der Waals surface area contributed by atoms with Gasteiger partial charge in [-0.1, -0.05) is 56.9 Å². The first kappa shape index (κ1) is 17.3. The summed E-state index contributed by atoms with van der Waals surface area (Å²) in [4.78, 5) is 0. The van der Waals surface area contributed by atoms with E-state index in [0.717, 1.165) is 24.5 Å². The van der Waals surface area contributed by atoms with Gasteiger partial charge in [0.1, 0.15) is 11.6 Å². The zero-order valence-corrected chi connectivity index (χ0v) is 13.9. The van der Waals surface area contributed by atoms with Gasteiger partial charge in [0.05, 0.1) is 6.61 Å². The van der Waals surface area contributed by atoms with Crippen LogP contribution in [0.2, 0.25) is 0 Å². The van der Waals surface area contributed by atoms with Crippen molar-refractivity contribution < 1.29 is 9.13 Å². The molecule has 0 bridgehead atoms. The van der Waals surface area contributed by atoms with Crippen LogP contribution in [0.25, 0.3) is 0 Å². The molecule has 0 amide bonds. The molecule has 2 nitrogen and oxygen atoms in total. The van der Waals surface area contributed by atoms with Crippen LogP contribution in [0.5, 0.6) is 5.75 Å². The second-order valence-corrected chi connectivity index (χ2v) is 5.74. The minimum absolute atomic E-state index is 0.181. The van der Waals surface area contributed by atoms with Crippen molar-refractivity contribution in [2.24, 2.45) is 0 Å². The van der Waals surface area contributed by atoms with E-state index in [-0.39, 0.29) is 5.82 Å². The number of anilines is 1. The highest BCUT2D eigenvalue weighted by Crippen LogP contribution is 2.19. The third-order valence-electron chi connectivity index (χ3n) is 3.79. The summed E-state index contributed by atoms with van der Waals surface area (Å²) in [6.45, 7) is 3.43. The van der Waals surface area contributed by atoms with Crippen molar-refractivity contribution in [2.45, 2.75) is 45.6 Å². The highest BCUT2D eigenvalue weighted by Gasteiger charge is 2.01. The molecular weight excluding hydrogens is 289 g/mol. The summed E-state index contributed by atoms with van der Waals surface area (Å²) in [7, 11) is 0. The van der Waals surface area contributed by atoms with E-state index in [1.165, 1.54) is 31.7 Å². The van der Waals surface area contributed by atoms with Gasteiger partial charge in [0.25, 0.3) is 0 Å². The van der Waals surface area contributed by atoms with Gasteiger partial charge in [-0.05, 0) is 24.6 Å². The van der Waals surface area contributed by atoms with Gasteiger partial charge in [0.2, 0.25) is 0 Å². The Bertz CT molecular complexity index is 585. The predicted octanol–water partition coefficient (Wildman–Crippen LogP) is 5.79. The molecule has 1 N–H and O–H groups in total. The van der Waals surface area contributed by atoms with E-state index in [4.69, 9.17) is 4.74 Å². The molecule has 0 aromatic heterocycles. The monoisotopic (exact) mass is 315 g/mol. The summed E-state index contributed by atoms with van der Waals surface area (Å²) < 4.78 is 19.4. The number of rotatable bonds is 10. The number of benzene rings is 2. The lowest BCUT2D eigenvalue weighted by atomic mass is 10.2. The van der Waals surface area contributed by atoms with Crippen LogP contribution >= 0.6 is 0 Å². The minimum atomic E-state index is -0.181. The first-order valence-corrected chi connectivity index (χ1v) is 8.49. The van der Waals surface area contributed by atoms with E-state index in [1.54, 1.807) is 12.1 Å². The topological polar surface area (TPSA) is 21.3 Å². The van der Waals surface area contributed by atoms with Gasteiger partial charge in [0, 0.05) is 23.9 Å². The average Bonchev–Trinajstić information content (AvgIpc) is 2.58. The van der Waals surface area contributed by atoms with Crippen molar-refractivity contribution in [3.63, 3.8) is 0 Å². The molecule has 0 atom stereocenters. The minimum Gasteiger partial charge on any atom is -0.494 e. The Balaban J connectivity index is 1.77. The average molecular weight is 315 g/mol. The molecule has 23 heavy (non-hydrogen) atoms. The van der Waals surface area contributed by atoms with Gasteiger partial charge in [-0.2, -0.15) is 0 Å². The zero-order chi connectivity index (χ0) is 16.3. The van der Waals surface area contributed by atoms with Gasteiger partial charge in [0.15, 0.2) is 0 Å². The zero-order valence-electron chi connectivity index (χ0n) is 13.9. The molecule has 0 aliphatic heterocycles. The number of ether oxygens (including phenoxy) is 1. The second-order valence-electron chi connectivity index (χ2n) is 5.74. The Morgan fingerprint density at radius 2 is 1.78 bits per heavy atom. The molecule has 2 aromatic rings. The fourth-order valence-electron chi connectivity index (χ4n) is 2.43. The van der Waals surface area contributed by atoms with Crippen LogP contribution in [0.3, 0.4) is 0 Å². The first-order valence-electron chi connectivity index (χ1n) is 8.49. The molecule has 0 saturated heterocycles. The molecule has 0 heterocycles. The lowest BCUT2D eigenvalue weighted by Crippen LogP contribution is -2.02. The van der Waals surface area contributed by atoms with E-state index < -0.39 is 0 Å². The maximum atomic E-state index is 13.6. The molecule has 3 heteroatoms. The summed E-state index contributed by atoms with van der Waals surface area (Å²) in [6, 6.07) is 14.7. The third kappa shape index (κ3) is 6.31. The molecular formula is C20H26FNO. The summed E-state index contributed by atoms with van der Waals surface area (Å²) in [6.07, 6.45) is 6.15. The van der Waals surface area contributed by atoms with Crippen molar-refractivity contribution in [3.05, 3.63) is 59.9 Å². The van der Waals surface area contributed by atoms with Crippen molar-refractivity contribution in [1.82, 2.24) is 0 Å². The molecule has 2 rings (SSSR count). The third-order valence-corrected chi connectivity index (χ3v) is 3.79. The van der Waals surface area contributed by atoms with Crippen LogP contribution in [0, 0.1) is 5.82 Å². The van der Waals surface area contributed by atoms with Gasteiger partial charge < -0.3 is 10.1 Å². The number of nitrogens with one attached hydrogen (secondary N) is 1. The quantitative estimate of drug-likeness (QED) is 0.560. The summed E-state index contributed by atoms with van der Waals surface area (Å²) in [5.41, 5.74) is 1.60. The van der Waals surface area contributed by atoms with E-state index in [1.807, 2.05) is 30.3 Å². The van der Waals surface area contributed by atoms with Crippen LogP contribution in [0.1, 0.15) is 44.6 Å². The maximum absolute atomic E-state index is 13.6. The lowest BCUT2D eigenvalue weighted by molar-refractivity contribution is 0.304. The van der Waals surface area contributed by atoms with Gasteiger partial charge in [-0.3, -0.25) is 0 Å². The normalized spacial score (nSPS) is 10.5. The maximum Gasteiger partial charge on any atom is 0.128 e. The number of hydrogen-bond donors (Lipinski definition) is 1. The molecule has 0 unspecified atom stereocenters. The second kappa shape index (κ2) is 9.88. The Morgan fingerprint density at radius 3 is 2.61 bits per heavy atom. The summed E-state index contributed by atoms with van der Waals surface area (Å²) in [5, 5.41) is 3.24. The fraction of sp³-hybridized carbons (Fsp3) is 0.400. The summed E-state index contributed by atoms with van der Waals surface area (Å²) in [5.74, 6) is 0.679. The van der Waals surface area contributed by atoms with E-state index in [2.05, 4.69) is 12.2 Å². The molecule has 0 radical (unpaired) electrons. The highest BCUT2D eigenvalue weighted by atomic mass is 19.1. The molecule has 0 spiro atoms. The van der Waals surface area contributed by atoms with Crippen LogP contribution in [-0.2, 0) is 6.54 Å². The van der Waals surface area contributed by atoms with Crippen LogP contribution in [-0.4, -0.2) is 6.61 Å². The number of halogens is 1. The standard InChI is InChI=1S/C20H26FNO/c1-2-3-4-5-8-14-23-19-12-9-11-18(15-19)22-16-17-10-6-7-13-20(17)21/h6-7,9-13,15,22H,2-5,8,14,16H2,1H3. The van der Waals surface area contributed by atoms with Gasteiger partial charge in [-0.15, -0.1) is 0 Å². The lowest BCUT2D eigenvalue weighted by Gasteiger charge is -2.10. The van der Waals surface area contributed by atoms with E-state index >= 15 is 0 Å². The Hall–Kier alpha value is -2.03. The van der Waals surface area contributed by atoms with Gasteiger partial charge >= 0.3 is 0 Å². The molecule has 0 aliphatic rings. The Labute approximate surface area is 138 Å². The molecule has 2 aromatic carbocycles. The molecule has 0 fully saturated rings. The van der Waals surface area contributed by atoms with Crippen LogP contribution in [0.15, 0.2) is 48.5 Å². The van der Waals surface area contributed by atoms with E-state index in [9.17, 15) is 4.39 Å². The highest BCUT2D eigenvalue weighted by molar-refractivity contribution is 5.48. The summed E-state index contributed by atoms with van der Waals surface area (Å²) >= 11 is 0. The molecule has 0 saturated carbocycles. The Morgan fingerprint density at radius 1 is 0.957 bits per heavy atom. The Kier molecular flexibility index (Phi) is 7.44. The number of unbranched alkanes of at least 4 members (excludes halogenated alkanes) is 4. The van der Waals surface area contributed by atoms with Crippen LogP contribution < -0.4 is 10.1 Å². The fourth-order valence-corrected chi connectivity index (χ4v) is 2.43. The first-order chi connectivity index (χ1) is 11.3. The number of hydrogen-bond acceptors (Lipinski definition) is 2. The SMILES string of the molecule is CCCCCCCOc1cccc(NCc2ccccc2F)c1. The molecule has 124 valence electrons. The van der Waals surface area contributed by atoms with Crippen LogP contribution in [0.4, 0.5) is 10.1 Å². The van der Waals surface area contributed by atoms with Crippen molar-refractivity contribution in [1.29, 1.82) is 0 Å². The van der Waals surface area contributed by atoms with Gasteiger partial charge in [-0.25, -0.2) is 4.39 Å². The smallest absolute Gasteiger partial charge is 0.128 e.